The summed E-state index contributed by atoms with van der Waals surface area (Å²) in [7, 11) is 2.00. The number of ketones is 1. The van der Waals surface area contributed by atoms with Gasteiger partial charge in [-0.25, -0.2) is 0 Å². The molecule has 21 heavy (non-hydrogen) atoms. The van der Waals surface area contributed by atoms with Crippen molar-refractivity contribution in [1.29, 1.82) is 0 Å². The Hall–Kier alpha value is -1.87. The first-order chi connectivity index (χ1) is 10.0. The van der Waals surface area contributed by atoms with Crippen molar-refractivity contribution in [3.8, 4) is 0 Å². The van der Waals surface area contributed by atoms with Gasteiger partial charge in [-0.3, -0.25) is 9.69 Å². The summed E-state index contributed by atoms with van der Waals surface area (Å²) in [5.41, 5.74) is 4.27. The minimum absolute atomic E-state index is 0.203. The number of carbonyl (C=O) groups is 1. The Labute approximate surface area is 127 Å². The standard InChI is InChI=1S/C18H24N2O/c1-5-20(12-16-9-7-6-8-10-16)13-18(21)17-11-14(2)19(4)15(17)3/h6-11H,5,12-13H2,1-4H3. The molecule has 1 aromatic heterocycles. The van der Waals surface area contributed by atoms with Crippen LogP contribution in [0.25, 0.3) is 0 Å². The molecule has 112 valence electrons. The van der Waals surface area contributed by atoms with Gasteiger partial charge < -0.3 is 4.57 Å². The zero-order chi connectivity index (χ0) is 15.4. The third-order valence-corrected chi connectivity index (χ3v) is 4.14. The van der Waals surface area contributed by atoms with Crippen LogP contribution in [0.15, 0.2) is 36.4 Å². The lowest BCUT2D eigenvalue weighted by Gasteiger charge is -2.19. The molecule has 0 atom stereocenters. The highest BCUT2D eigenvalue weighted by Gasteiger charge is 2.16. The van der Waals surface area contributed by atoms with Crippen LogP contribution in [0.4, 0.5) is 0 Å². The van der Waals surface area contributed by atoms with Gasteiger partial charge in [0.25, 0.3) is 0 Å². The molecule has 0 bridgehead atoms. The molecule has 0 N–H and O–H groups in total. The maximum Gasteiger partial charge on any atom is 0.178 e. The maximum absolute atomic E-state index is 12.5. The monoisotopic (exact) mass is 284 g/mol. The van der Waals surface area contributed by atoms with Crippen LogP contribution in [0.3, 0.4) is 0 Å². The molecule has 0 radical (unpaired) electrons. The molecule has 2 aromatic rings. The smallest absolute Gasteiger partial charge is 0.178 e. The van der Waals surface area contributed by atoms with Crippen molar-refractivity contribution >= 4 is 5.78 Å². The largest absolute Gasteiger partial charge is 0.351 e. The summed E-state index contributed by atoms with van der Waals surface area (Å²) in [6, 6.07) is 12.3. The summed E-state index contributed by atoms with van der Waals surface area (Å²) < 4.78 is 2.07. The van der Waals surface area contributed by atoms with Crippen LogP contribution < -0.4 is 0 Å². The molecule has 0 aliphatic rings. The molecule has 2 rings (SSSR count). The Kier molecular flexibility index (Phi) is 4.97. The van der Waals surface area contributed by atoms with Crippen molar-refractivity contribution in [2.45, 2.75) is 27.3 Å². The van der Waals surface area contributed by atoms with Gasteiger partial charge in [-0.05, 0) is 32.0 Å². The Morgan fingerprint density at radius 1 is 1.19 bits per heavy atom. The van der Waals surface area contributed by atoms with Crippen LogP contribution in [-0.4, -0.2) is 28.3 Å². The average molecular weight is 284 g/mol. The Balaban J connectivity index is 2.07. The van der Waals surface area contributed by atoms with Crippen LogP contribution in [0.5, 0.6) is 0 Å². The number of rotatable bonds is 6. The Morgan fingerprint density at radius 3 is 2.38 bits per heavy atom. The number of hydrogen-bond donors (Lipinski definition) is 0. The minimum atomic E-state index is 0.203. The summed E-state index contributed by atoms with van der Waals surface area (Å²) in [5, 5.41) is 0. The van der Waals surface area contributed by atoms with Gasteiger partial charge in [0.15, 0.2) is 5.78 Å². The zero-order valence-electron chi connectivity index (χ0n) is 13.4. The SMILES string of the molecule is CCN(CC(=O)c1cc(C)n(C)c1C)Cc1ccccc1. The first-order valence-electron chi connectivity index (χ1n) is 7.45. The van der Waals surface area contributed by atoms with Crippen LogP contribution in [0.1, 0.15) is 34.2 Å². The molecule has 0 amide bonds. The second-order valence-corrected chi connectivity index (χ2v) is 5.56. The minimum Gasteiger partial charge on any atom is -0.351 e. The number of nitrogens with zero attached hydrogens (tertiary/aromatic N) is 2. The zero-order valence-corrected chi connectivity index (χ0v) is 13.4. The highest BCUT2D eigenvalue weighted by Crippen LogP contribution is 2.15. The number of benzene rings is 1. The average Bonchev–Trinajstić information content (AvgIpc) is 2.75. The molecule has 0 unspecified atom stereocenters. The quantitative estimate of drug-likeness (QED) is 0.760. The molecule has 0 saturated carbocycles. The van der Waals surface area contributed by atoms with Crippen molar-refractivity contribution in [2.75, 3.05) is 13.1 Å². The fraction of sp³-hybridized carbons (Fsp3) is 0.389. The second-order valence-electron chi connectivity index (χ2n) is 5.56. The van der Waals surface area contributed by atoms with Gasteiger partial charge in [0, 0.05) is 30.5 Å². The highest BCUT2D eigenvalue weighted by molar-refractivity contribution is 5.99. The lowest BCUT2D eigenvalue weighted by atomic mass is 10.1. The fourth-order valence-corrected chi connectivity index (χ4v) is 2.55. The molecule has 1 aromatic carbocycles. The summed E-state index contributed by atoms with van der Waals surface area (Å²) in [5.74, 6) is 0.203. The Bertz CT molecular complexity index is 614. The van der Waals surface area contributed by atoms with E-state index in [9.17, 15) is 4.79 Å². The molecular weight excluding hydrogens is 260 g/mol. The Morgan fingerprint density at radius 2 is 1.86 bits per heavy atom. The van der Waals surface area contributed by atoms with E-state index in [0.717, 1.165) is 30.0 Å². The molecule has 1 heterocycles. The summed E-state index contributed by atoms with van der Waals surface area (Å²) in [4.78, 5) is 14.7. The van der Waals surface area contributed by atoms with E-state index in [1.54, 1.807) is 0 Å². The van der Waals surface area contributed by atoms with E-state index in [1.807, 2.05) is 45.2 Å². The third kappa shape index (κ3) is 3.61. The van der Waals surface area contributed by atoms with Crippen molar-refractivity contribution in [3.63, 3.8) is 0 Å². The third-order valence-electron chi connectivity index (χ3n) is 4.14. The summed E-state index contributed by atoms with van der Waals surface area (Å²) in [6.45, 7) is 8.29. The fourth-order valence-electron chi connectivity index (χ4n) is 2.55. The first-order valence-corrected chi connectivity index (χ1v) is 7.45. The van der Waals surface area contributed by atoms with Gasteiger partial charge in [0.05, 0.1) is 6.54 Å². The van der Waals surface area contributed by atoms with Crippen molar-refractivity contribution in [3.05, 3.63) is 58.9 Å². The number of Topliss-reactive ketones (excluding diaryl/α,β-unsaturated/α-hetero) is 1. The highest BCUT2D eigenvalue weighted by atomic mass is 16.1. The molecule has 0 aliphatic carbocycles. The second kappa shape index (κ2) is 6.72. The molecule has 3 nitrogen and oxygen atoms in total. The lowest BCUT2D eigenvalue weighted by Crippen LogP contribution is -2.29. The molecular formula is C18H24N2O. The number of aryl methyl sites for hydroxylation is 1. The van der Waals surface area contributed by atoms with Crippen LogP contribution in [0.2, 0.25) is 0 Å². The van der Waals surface area contributed by atoms with E-state index in [2.05, 4.69) is 28.5 Å². The van der Waals surface area contributed by atoms with Gasteiger partial charge >= 0.3 is 0 Å². The number of aromatic nitrogens is 1. The van der Waals surface area contributed by atoms with Gasteiger partial charge in [0.1, 0.15) is 0 Å². The summed E-state index contributed by atoms with van der Waals surface area (Å²) >= 11 is 0. The van der Waals surface area contributed by atoms with Crippen molar-refractivity contribution in [2.24, 2.45) is 7.05 Å². The number of hydrogen-bond acceptors (Lipinski definition) is 2. The van der Waals surface area contributed by atoms with E-state index < -0.39 is 0 Å². The van der Waals surface area contributed by atoms with Gasteiger partial charge in [-0.2, -0.15) is 0 Å². The topological polar surface area (TPSA) is 25.2 Å². The van der Waals surface area contributed by atoms with E-state index in [4.69, 9.17) is 0 Å². The molecule has 0 fully saturated rings. The van der Waals surface area contributed by atoms with Gasteiger partial charge in [0.2, 0.25) is 0 Å². The maximum atomic E-state index is 12.5. The van der Waals surface area contributed by atoms with Gasteiger partial charge in [-0.15, -0.1) is 0 Å². The van der Waals surface area contributed by atoms with E-state index in [1.165, 1.54) is 5.56 Å². The van der Waals surface area contributed by atoms with Crippen LogP contribution in [0, 0.1) is 13.8 Å². The van der Waals surface area contributed by atoms with Crippen LogP contribution in [-0.2, 0) is 13.6 Å². The molecule has 3 heteroatoms. The van der Waals surface area contributed by atoms with E-state index >= 15 is 0 Å². The first kappa shape index (κ1) is 15.5. The normalized spacial score (nSPS) is 11.1. The van der Waals surface area contributed by atoms with E-state index in [0.29, 0.717) is 6.54 Å². The number of likely N-dealkylation sites (N-methyl/N-ethyl adjacent to an activating group) is 1. The van der Waals surface area contributed by atoms with E-state index in [-0.39, 0.29) is 5.78 Å². The number of carbonyl (C=O) groups excluding carboxylic acids is 1. The van der Waals surface area contributed by atoms with Gasteiger partial charge in [-0.1, -0.05) is 37.3 Å². The summed E-state index contributed by atoms with van der Waals surface area (Å²) in [6.07, 6.45) is 0. The molecule has 0 saturated heterocycles. The lowest BCUT2D eigenvalue weighted by molar-refractivity contribution is 0.0929. The predicted molar refractivity (Wildman–Crippen MR) is 86.6 cm³/mol. The predicted octanol–water partition coefficient (Wildman–Crippen LogP) is 3.35. The van der Waals surface area contributed by atoms with Crippen molar-refractivity contribution < 1.29 is 4.79 Å². The van der Waals surface area contributed by atoms with Crippen LogP contribution >= 0.6 is 0 Å². The molecule has 0 aliphatic heterocycles. The molecule has 0 spiro atoms. The van der Waals surface area contributed by atoms with Crippen molar-refractivity contribution in [1.82, 2.24) is 9.47 Å².